The second-order valence-electron chi connectivity index (χ2n) is 5.64. The molecule has 0 N–H and O–H groups in total. The third kappa shape index (κ3) is 3.18. The number of piperazine rings is 1. The topological polar surface area (TPSA) is 56.6 Å². The quantitative estimate of drug-likeness (QED) is 0.872. The molecule has 1 fully saturated rings. The van der Waals surface area contributed by atoms with Crippen LogP contribution >= 0.6 is 0 Å². The number of nitrogens with zero attached hydrogens (tertiary/aromatic N) is 3. The molecule has 0 bridgehead atoms. The number of nitriles is 1. The SMILES string of the molecule is COc1ccccc1C(=O)N1CCN(c2cccc(C#N)c2)CC1. The third-order valence-corrected chi connectivity index (χ3v) is 4.24. The van der Waals surface area contributed by atoms with Crippen molar-refractivity contribution in [1.82, 2.24) is 4.90 Å². The molecule has 2 aromatic carbocycles. The highest BCUT2D eigenvalue weighted by molar-refractivity contribution is 5.97. The second kappa shape index (κ2) is 7.05. The number of amides is 1. The zero-order chi connectivity index (χ0) is 16.9. The molecule has 0 aromatic heterocycles. The molecule has 5 heteroatoms. The van der Waals surface area contributed by atoms with Crippen LogP contribution in [0.4, 0.5) is 5.69 Å². The molecule has 2 aromatic rings. The van der Waals surface area contributed by atoms with Crippen LogP contribution in [0.5, 0.6) is 5.75 Å². The molecule has 0 saturated carbocycles. The lowest BCUT2D eigenvalue weighted by molar-refractivity contribution is 0.0743. The lowest BCUT2D eigenvalue weighted by atomic mass is 10.1. The van der Waals surface area contributed by atoms with Crippen molar-refractivity contribution in [2.24, 2.45) is 0 Å². The van der Waals surface area contributed by atoms with Gasteiger partial charge in [-0.2, -0.15) is 5.26 Å². The van der Waals surface area contributed by atoms with E-state index in [0.29, 0.717) is 30.0 Å². The Labute approximate surface area is 141 Å². The molecule has 3 rings (SSSR count). The third-order valence-electron chi connectivity index (χ3n) is 4.24. The summed E-state index contributed by atoms with van der Waals surface area (Å²) in [4.78, 5) is 16.8. The van der Waals surface area contributed by atoms with E-state index in [1.807, 2.05) is 35.2 Å². The monoisotopic (exact) mass is 321 g/mol. The number of hydrogen-bond acceptors (Lipinski definition) is 4. The molecule has 1 aliphatic heterocycles. The summed E-state index contributed by atoms with van der Waals surface area (Å²) in [5, 5.41) is 9.02. The predicted molar refractivity (Wildman–Crippen MR) is 92.3 cm³/mol. The minimum atomic E-state index is -0.00197. The van der Waals surface area contributed by atoms with E-state index >= 15 is 0 Å². The summed E-state index contributed by atoms with van der Waals surface area (Å²) in [5.74, 6) is 0.601. The van der Waals surface area contributed by atoms with Gasteiger partial charge in [0.15, 0.2) is 0 Å². The second-order valence-corrected chi connectivity index (χ2v) is 5.64. The number of methoxy groups -OCH3 is 1. The average molecular weight is 321 g/mol. The number of hydrogen-bond donors (Lipinski definition) is 0. The summed E-state index contributed by atoms with van der Waals surface area (Å²) in [7, 11) is 1.58. The van der Waals surface area contributed by atoms with Gasteiger partial charge < -0.3 is 14.5 Å². The molecule has 0 atom stereocenters. The van der Waals surface area contributed by atoms with Crippen molar-refractivity contribution in [3.05, 3.63) is 59.7 Å². The van der Waals surface area contributed by atoms with Crippen molar-refractivity contribution >= 4 is 11.6 Å². The van der Waals surface area contributed by atoms with E-state index in [-0.39, 0.29) is 5.91 Å². The van der Waals surface area contributed by atoms with E-state index in [4.69, 9.17) is 10.00 Å². The van der Waals surface area contributed by atoms with Crippen molar-refractivity contribution in [2.45, 2.75) is 0 Å². The van der Waals surface area contributed by atoms with E-state index in [2.05, 4.69) is 11.0 Å². The maximum atomic E-state index is 12.7. The van der Waals surface area contributed by atoms with Gasteiger partial charge in [0.05, 0.1) is 24.3 Å². The van der Waals surface area contributed by atoms with E-state index in [0.717, 1.165) is 18.8 Å². The van der Waals surface area contributed by atoms with Gasteiger partial charge in [0.1, 0.15) is 5.75 Å². The van der Waals surface area contributed by atoms with Crippen LogP contribution in [0.15, 0.2) is 48.5 Å². The number of benzene rings is 2. The summed E-state index contributed by atoms with van der Waals surface area (Å²) in [6, 6.07) is 17.0. The molecule has 24 heavy (non-hydrogen) atoms. The van der Waals surface area contributed by atoms with Crippen LogP contribution in [-0.4, -0.2) is 44.1 Å². The minimum absolute atomic E-state index is 0.00197. The van der Waals surface area contributed by atoms with Crippen LogP contribution in [0.25, 0.3) is 0 Å². The number of carbonyl (C=O) groups excluding carboxylic acids is 1. The zero-order valence-electron chi connectivity index (χ0n) is 13.6. The minimum Gasteiger partial charge on any atom is -0.496 e. The Bertz CT molecular complexity index is 774. The van der Waals surface area contributed by atoms with E-state index in [1.165, 1.54) is 0 Å². The number of anilines is 1. The normalized spacial score (nSPS) is 14.2. The molecular formula is C19H19N3O2. The Morgan fingerprint density at radius 1 is 1.08 bits per heavy atom. The first-order chi connectivity index (χ1) is 11.7. The molecular weight excluding hydrogens is 302 g/mol. The highest BCUT2D eigenvalue weighted by Gasteiger charge is 2.24. The Morgan fingerprint density at radius 2 is 1.83 bits per heavy atom. The Morgan fingerprint density at radius 3 is 2.54 bits per heavy atom. The summed E-state index contributed by atoms with van der Waals surface area (Å²) in [6.45, 7) is 2.78. The van der Waals surface area contributed by atoms with E-state index in [9.17, 15) is 4.79 Å². The van der Waals surface area contributed by atoms with Gasteiger partial charge in [-0.1, -0.05) is 18.2 Å². The first-order valence-electron chi connectivity index (χ1n) is 7.90. The van der Waals surface area contributed by atoms with Gasteiger partial charge in [0.25, 0.3) is 5.91 Å². The first kappa shape index (κ1) is 15.9. The molecule has 122 valence electrons. The average Bonchev–Trinajstić information content (AvgIpc) is 2.67. The maximum absolute atomic E-state index is 12.7. The lowest BCUT2D eigenvalue weighted by Gasteiger charge is -2.36. The largest absolute Gasteiger partial charge is 0.496 e. The zero-order valence-corrected chi connectivity index (χ0v) is 13.6. The number of carbonyl (C=O) groups is 1. The molecule has 0 unspecified atom stereocenters. The van der Waals surface area contributed by atoms with Gasteiger partial charge in [0, 0.05) is 31.9 Å². The lowest BCUT2D eigenvalue weighted by Crippen LogP contribution is -2.48. The molecule has 5 nitrogen and oxygen atoms in total. The summed E-state index contributed by atoms with van der Waals surface area (Å²) >= 11 is 0. The van der Waals surface area contributed by atoms with Crippen LogP contribution < -0.4 is 9.64 Å². The number of para-hydroxylation sites is 1. The Kier molecular flexibility index (Phi) is 4.66. The van der Waals surface area contributed by atoms with E-state index in [1.54, 1.807) is 25.3 Å². The van der Waals surface area contributed by atoms with Gasteiger partial charge in [-0.15, -0.1) is 0 Å². The summed E-state index contributed by atoms with van der Waals surface area (Å²) in [5.41, 5.74) is 2.28. The molecule has 0 radical (unpaired) electrons. The first-order valence-corrected chi connectivity index (χ1v) is 7.90. The van der Waals surface area contributed by atoms with Crippen molar-refractivity contribution < 1.29 is 9.53 Å². The van der Waals surface area contributed by atoms with Crippen molar-refractivity contribution in [3.8, 4) is 11.8 Å². The van der Waals surface area contributed by atoms with Crippen LogP contribution in [0, 0.1) is 11.3 Å². The molecule has 1 amide bonds. The van der Waals surface area contributed by atoms with Crippen LogP contribution in [0.3, 0.4) is 0 Å². The fraction of sp³-hybridized carbons (Fsp3) is 0.263. The standard InChI is InChI=1S/C19H19N3O2/c1-24-18-8-3-2-7-17(18)19(23)22-11-9-21(10-12-22)16-6-4-5-15(13-16)14-20/h2-8,13H,9-12H2,1H3. The maximum Gasteiger partial charge on any atom is 0.257 e. The number of ether oxygens (including phenoxy) is 1. The van der Waals surface area contributed by atoms with Crippen molar-refractivity contribution in [3.63, 3.8) is 0 Å². The summed E-state index contributed by atoms with van der Waals surface area (Å²) in [6.07, 6.45) is 0. The van der Waals surface area contributed by atoms with Crippen LogP contribution in [-0.2, 0) is 0 Å². The van der Waals surface area contributed by atoms with Gasteiger partial charge in [-0.05, 0) is 30.3 Å². The Balaban J connectivity index is 1.68. The highest BCUT2D eigenvalue weighted by atomic mass is 16.5. The molecule has 1 aliphatic rings. The fourth-order valence-corrected chi connectivity index (χ4v) is 2.93. The smallest absolute Gasteiger partial charge is 0.257 e. The fourth-order valence-electron chi connectivity index (χ4n) is 2.93. The molecule has 1 heterocycles. The van der Waals surface area contributed by atoms with Crippen LogP contribution in [0.1, 0.15) is 15.9 Å². The van der Waals surface area contributed by atoms with Crippen LogP contribution in [0.2, 0.25) is 0 Å². The van der Waals surface area contributed by atoms with Crippen molar-refractivity contribution in [2.75, 3.05) is 38.2 Å². The van der Waals surface area contributed by atoms with Crippen molar-refractivity contribution in [1.29, 1.82) is 5.26 Å². The molecule has 1 saturated heterocycles. The van der Waals surface area contributed by atoms with Gasteiger partial charge >= 0.3 is 0 Å². The molecule has 0 spiro atoms. The molecule has 0 aliphatic carbocycles. The Hall–Kier alpha value is -3.00. The number of rotatable bonds is 3. The predicted octanol–water partition coefficient (Wildman–Crippen LogP) is 2.53. The highest BCUT2D eigenvalue weighted by Crippen LogP contribution is 2.22. The van der Waals surface area contributed by atoms with Gasteiger partial charge in [-0.3, -0.25) is 4.79 Å². The van der Waals surface area contributed by atoms with Gasteiger partial charge in [-0.25, -0.2) is 0 Å². The van der Waals surface area contributed by atoms with Gasteiger partial charge in [0.2, 0.25) is 0 Å². The van der Waals surface area contributed by atoms with E-state index < -0.39 is 0 Å². The summed E-state index contributed by atoms with van der Waals surface area (Å²) < 4.78 is 5.28.